The average Bonchev–Trinajstić information content (AvgIpc) is 3.05. The number of aryl methyl sites for hydroxylation is 2. The summed E-state index contributed by atoms with van der Waals surface area (Å²) in [6, 6.07) is 15.5. The summed E-state index contributed by atoms with van der Waals surface area (Å²) in [6.07, 6.45) is 0. The van der Waals surface area contributed by atoms with Crippen molar-refractivity contribution in [2.24, 2.45) is 4.99 Å². The van der Waals surface area contributed by atoms with E-state index in [0.29, 0.717) is 5.56 Å². The van der Waals surface area contributed by atoms with Gasteiger partial charge < -0.3 is 0 Å². The van der Waals surface area contributed by atoms with Crippen LogP contribution in [0.25, 0.3) is 0 Å². The number of hydrogen-bond acceptors (Lipinski definition) is 3. The second-order valence-electron chi connectivity index (χ2n) is 5.26. The molecule has 0 N–H and O–H groups in total. The molecule has 2 aromatic rings. The molecule has 2 aromatic carbocycles. The summed E-state index contributed by atoms with van der Waals surface area (Å²) in [5.74, 6) is 0.907. The maximum atomic E-state index is 13.1. The fourth-order valence-corrected chi connectivity index (χ4v) is 3.46. The molecule has 1 aliphatic rings. The smallest absolute Gasteiger partial charge is 0.264 e. The standard InChI is InChI=1S/C18H18N2OS/c1-13-7-6-8-14(2)16(13)20(18-19-11-12-22-18)17(21)15-9-4-3-5-10-15/h3-10H,11-12H2,1-2H3. The van der Waals surface area contributed by atoms with Crippen molar-refractivity contribution in [3.63, 3.8) is 0 Å². The Balaban J connectivity index is 2.11. The van der Waals surface area contributed by atoms with Gasteiger partial charge in [-0.15, -0.1) is 0 Å². The third-order valence-corrected chi connectivity index (χ3v) is 4.60. The van der Waals surface area contributed by atoms with Gasteiger partial charge in [0.2, 0.25) is 0 Å². The maximum Gasteiger partial charge on any atom is 0.264 e. The largest absolute Gasteiger partial charge is 0.268 e. The van der Waals surface area contributed by atoms with Gasteiger partial charge in [0.1, 0.15) is 0 Å². The SMILES string of the molecule is Cc1cccc(C)c1N(C(=O)c1ccccc1)C1=NCCS1. The molecule has 0 aromatic heterocycles. The van der Waals surface area contributed by atoms with E-state index in [-0.39, 0.29) is 5.91 Å². The average molecular weight is 310 g/mol. The van der Waals surface area contributed by atoms with Crippen LogP contribution in [0.5, 0.6) is 0 Å². The van der Waals surface area contributed by atoms with E-state index in [2.05, 4.69) is 4.99 Å². The fourth-order valence-electron chi connectivity index (χ4n) is 2.61. The predicted molar refractivity (Wildman–Crippen MR) is 93.9 cm³/mol. The quantitative estimate of drug-likeness (QED) is 0.838. The molecule has 0 spiro atoms. The molecule has 0 unspecified atom stereocenters. The van der Waals surface area contributed by atoms with E-state index in [1.54, 1.807) is 16.7 Å². The Hall–Kier alpha value is -2.07. The number of amides is 1. The van der Waals surface area contributed by atoms with Crippen molar-refractivity contribution in [2.75, 3.05) is 17.2 Å². The predicted octanol–water partition coefficient (Wildman–Crippen LogP) is 4.05. The van der Waals surface area contributed by atoms with Gasteiger partial charge in [-0.25, -0.2) is 0 Å². The molecule has 1 heterocycles. The Labute approximate surface area is 135 Å². The lowest BCUT2D eigenvalue weighted by molar-refractivity contribution is 0.100. The molecular weight excluding hydrogens is 292 g/mol. The molecule has 0 radical (unpaired) electrons. The summed E-state index contributed by atoms with van der Waals surface area (Å²) in [6.45, 7) is 4.84. The second kappa shape index (κ2) is 6.36. The first-order valence-corrected chi connectivity index (χ1v) is 8.30. The van der Waals surface area contributed by atoms with Crippen molar-refractivity contribution < 1.29 is 4.79 Å². The molecule has 3 nitrogen and oxygen atoms in total. The lowest BCUT2D eigenvalue weighted by atomic mass is 10.1. The Bertz CT molecular complexity index is 705. The molecule has 4 heteroatoms. The minimum absolute atomic E-state index is 0.0221. The third-order valence-electron chi connectivity index (χ3n) is 3.65. The first-order chi connectivity index (χ1) is 10.7. The number of carbonyl (C=O) groups excluding carboxylic acids is 1. The van der Waals surface area contributed by atoms with Crippen molar-refractivity contribution >= 4 is 28.5 Å². The van der Waals surface area contributed by atoms with Gasteiger partial charge in [0, 0.05) is 11.3 Å². The van der Waals surface area contributed by atoms with Crippen LogP contribution in [0.2, 0.25) is 0 Å². The minimum atomic E-state index is -0.0221. The Kier molecular flexibility index (Phi) is 4.29. The summed E-state index contributed by atoms with van der Waals surface area (Å²) in [4.78, 5) is 19.4. The number of hydrogen-bond donors (Lipinski definition) is 0. The zero-order valence-electron chi connectivity index (χ0n) is 12.7. The Morgan fingerprint density at radius 1 is 1.05 bits per heavy atom. The Morgan fingerprint density at radius 2 is 1.73 bits per heavy atom. The Morgan fingerprint density at radius 3 is 2.32 bits per heavy atom. The van der Waals surface area contributed by atoms with E-state index >= 15 is 0 Å². The van der Waals surface area contributed by atoms with Gasteiger partial charge >= 0.3 is 0 Å². The highest BCUT2D eigenvalue weighted by molar-refractivity contribution is 8.14. The summed E-state index contributed by atoms with van der Waals surface area (Å²) >= 11 is 1.64. The first-order valence-electron chi connectivity index (χ1n) is 7.31. The second-order valence-corrected chi connectivity index (χ2v) is 6.32. The molecule has 1 amide bonds. The lowest BCUT2D eigenvalue weighted by Crippen LogP contribution is -2.35. The van der Waals surface area contributed by atoms with Crippen molar-refractivity contribution in [1.82, 2.24) is 0 Å². The normalized spacial score (nSPS) is 13.8. The van der Waals surface area contributed by atoms with Crippen LogP contribution in [0, 0.1) is 13.8 Å². The van der Waals surface area contributed by atoms with E-state index in [9.17, 15) is 4.79 Å². The molecular formula is C18H18N2OS. The van der Waals surface area contributed by atoms with Gasteiger partial charge in [-0.3, -0.25) is 14.7 Å². The van der Waals surface area contributed by atoms with Gasteiger partial charge in [0.15, 0.2) is 5.17 Å². The third kappa shape index (κ3) is 2.79. The molecule has 0 atom stereocenters. The van der Waals surface area contributed by atoms with Gasteiger partial charge in [0.25, 0.3) is 5.91 Å². The van der Waals surface area contributed by atoms with Crippen LogP contribution < -0.4 is 4.90 Å². The molecule has 0 fully saturated rings. The van der Waals surface area contributed by atoms with Gasteiger partial charge in [-0.2, -0.15) is 0 Å². The van der Waals surface area contributed by atoms with E-state index < -0.39 is 0 Å². The number of anilines is 1. The molecule has 0 saturated carbocycles. The summed E-state index contributed by atoms with van der Waals surface area (Å²) in [5.41, 5.74) is 3.80. The number of nitrogens with zero attached hydrogens (tertiary/aromatic N) is 2. The van der Waals surface area contributed by atoms with Crippen LogP contribution in [0.1, 0.15) is 21.5 Å². The van der Waals surface area contributed by atoms with Crippen LogP contribution in [0.3, 0.4) is 0 Å². The highest BCUT2D eigenvalue weighted by Gasteiger charge is 2.27. The number of thioether (sulfide) groups is 1. The zero-order chi connectivity index (χ0) is 15.5. The molecule has 112 valence electrons. The van der Waals surface area contributed by atoms with Crippen LogP contribution in [0.4, 0.5) is 5.69 Å². The first kappa shape index (κ1) is 14.9. The van der Waals surface area contributed by atoms with Gasteiger partial charge in [0.05, 0.1) is 12.2 Å². The summed E-state index contributed by atoms with van der Waals surface area (Å²) in [7, 11) is 0. The van der Waals surface area contributed by atoms with Crippen LogP contribution in [-0.2, 0) is 0 Å². The zero-order valence-corrected chi connectivity index (χ0v) is 13.6. The fraction of sp³-hybridized carbons (Fsp3) is 0.222. The number of rotatable bonds is 2. The molecule has 3 rings (SSSR count). The topological polar surface area (TPSA) is 32.7 Å². The molecule has 22 heavy (non-hydrogen) atoms. The van der Waals surface area contributed by atoms with Crippen molar-refractivity contribution in [1.29, 1.82) is 0 Å². The number of amidine groups is 1. The number of carbonyl (C=O) groups is 1. The van der Waals surface area contributed by atoms with Crippen molar-refractivity contribution in [3.8, 4) is 0 Å². The molecule has 1 aliphatic heterocycles. The summed E-state index contributed by atoms with van der Waals surface area (Å²) < 4.78 is 0. The van der Waals surface area contributed by atoms with Gasteiger partial charge in [-0.05, 0) is 37.1 Å². The van der Waals surface area contributed by atoms with E-state index in [0.717, 1.165) is 34.3 Å². The van der Waals surface area contributed by atoms with Crippen molar-refractivity contribution in [3.05, 3.63) is 65.2 Å². The van der Waals surface area contributed by atoms with Crippen LogP contribution in [-0.4, -0.2) is 23.4 Å². The minimum Gasteiger partial charge on any atom is -0.268 e. The number of benzene rings is 2. The van der Waals surface area contributed by atoms with Crippen LogP contribution in [0.15, 0.2) is 53.5 Å². The maximum absolute atomic E-state index is 13.1. The highest BCUT2D eigenvalue weighted by Crippen LogP contribution is 2.30. The highest BCUT2D eigenvalue weighted by atomic mass is 32.2. The molecule has 0 bridgehead atoms. The molecule has 0 aliphatic carbocycles. The van der Waals surface area contributed by atoms with E-state index in [1.165, 1.54) is 0 Å². The number of para-hydroxylation sites is 1. The number of aliphatic imine (C=N–C) groups is 1. The lowest BCUT2D eigenvalue weighted by Gasteiger charge is -2.25. The molecule has 0 saturated heterocycles. The van der Waals surface area contributed by atoms with E-state index in [1.807, 2.05) is 62.4 Å². The van der Waals surface area contributed by atoms with Crippen LogP contribution >= 0.6 is 11.8 Å². The van der Waals surface area contributed by atoms with Crippen molar-refractivity contribution in [2.45, 2.75) is 13.8 Å². The monoisotopic (exact) mass is 310 g/mol. The van der Waals surface area contributed by atoms with Gasteiger partial charge in [-0.1, -0.05) is 48.2 Å². The van der Waals surface area contributed by atoms with E-state index in [4.69, 9.17) is 0 Å². The summed E-state index contributed by atoms with van der Waals surface area (Å²) in [5, 5.41) is 0.797.